The normalized spacial score (nSPS) is 22.7. The molecule has 2 atom stereocenters. The van der Waals surface area contributed by atoms with E-state index in [1.165, 1.54) is 4.90 Å². The van der Waals surface area contributed by atoms with Crippen molar-refractivity contribution < 1.29 is 23.1 Å². The van der Waals surface area contributed by atoms with Gasteiger partial charge in [-0.3, -0.25) is 4.79 Å². The average molecular weight is 292 g/mol. The fourth-order valence-electron chi connectivity index (χ4n) is 2.00. The van der Waals surface area contributed by atoms with Gasteiger partial charge in [-0.1, -0.05) is 6.92 Å². The highest BCUT2D eigenvalue weighted by atomic mass is 32.2. The van der Waals surface area contributed by atoms with Crippen LogP contribution in [-0.2, 0) is 14.6 Å². The lowest BCUT2D eigenvalue weighted by atomic mass is 10.1. The summed E-state index contributed by atoms with van der Waals surface area (Å²) in [6, 6.07) is -0.654. The molecule has 1 saturated heterocycles. The van der Waals surface area contributed by atoms with E-state index in [2.05, 4.69) is 5.32 Å². The highest BCUT2D eigenvalue weighted by Gasteiger charge is 2.32. The predicted molar refractivity (Wildman–Crippen MR) is 69.6 cm³/mol. The number of hydrogen-bond acceptors (Lipinski definition) is 4. The Morgan fingerprint density at radius 3 is 2.58 bits per heavy atom. The molecular weight excluding hydrogens is 272 g/mol. The third kappa shape index (κ3) is 5.06. The van der Waals surface area contributed by atoms with Crippen LogP contribution in [-0.4, -0.2) is 61.6 Å². The predicted octanol–water partition coefficient (Wildman–Crippen LogP) is -0.0743. The van der Waals surface area contributed by atoms with Crippen LogP contribution in [0.1, 0.15) is 19.8 Å². The Hall–Kier alpha value is -1.31. The quantitative estimate of drug-likeness (QED) is 0.738. The van der Waals surface area contributed by atoms with Crippen LogP contribution in [0.4, 0.5) is 4.79 Å². The highest BCUT2D eigenvalue weighted by Crippen LogP contribution is 2.16. The number of carbonyl (C=O) groups excluding carboxylic acids is 1. The van der Waals surface area contributed by atoms with E-state index < -0.39 is 15.8 Å². The second kappa shape index (κ2) is 6.23. The first kappa shape index (κ1) is 15.7. The summed E-state index contributed by atoms with van der Waals surface area (Å²) in [7, 11) is -1.46. The SMILES string of the molecule is CC(CNC(=O)N(C)C1CCS(=O)(=O)C1)CC(=O)O. The first-order valence-corrected chi connectivity index (χ1v) is 7.96. The molecule has 0 aromatic rings. The standard InChI is InChI=1S/C11H20N2O5S/c1-8(5-10(14)15)6-12-11(16)13(2)9-3-4-19(17,18)7-9/h8-9H,3-7H2,1-2H3,(H,12,16)(H,14,15). The van der Waals surface area contributed by atoms with Crippen molar-refractivity contribution in [2.24, 2.45) is 5.92 Å². The molecule has 0 aromatic heterocycles. The van der Waals surface area contributed by atoms with Crippen molar-refractivity contribution in [2.45, 2.75) is 25.8 Å². The zero-order valence-electron chi connectivity index (χ0n) is 11.1. The largest absolute Gasteiger partial charge is 0.481 e. The van der Waals surface area contributed by atoms with Gasteiger partial charge in [0.05, 0.1) is 11.5 Å². The Morgan fingerprint density at radius 1 is 1.47 bits per heavy atom. The summed E-state index contributed by atoms with van der Waals surface area (Å²) in [5, 5.41) is 11.2. The summed E-state index contributed by atoms with van der Waals surface area (Å²) in [6.07, 6.45) is 0.443. The molecule has 1 aliphatic heterocycles. The number of urea groups is 1. The van der Waals surface area contributed by atoms with Crippen LogP contribution >= 0.6 is 0 Å². The van der Waals surface area contributed by atoms with Crippen molar-refractivity contribution in [3.05, 3.63) is 0 Å². The van der Waals surface area contributed by atoms with E-state index in [4.69, 9.17) is 5.11 Å². The van der Waals surface area contributed by atoms with E-state index in [1.807, 2.05) is 0 Å². The Kier molecular flexibility index (Phi) is 5.16. The Bertz CT molecular complexity index is 448. The number of hydrogen-bond donors (Lipinski definition) is 2. The highest BCUT2D eigenvalue weighted by molar-refractivity contribution is 7.91. The van der Waals surface area contributed by atoms with E-state index in [-0.39, 0.29) is 42.5 Å². The summed E-state index contributed by atoms with van der Waals surface area (Å²) in [5.74, 6) is -0.953. The zero-order chi connectivity index (χ0) is 14.6. The van der Waals surface area contributed by atoms with Crippen molar-refractivity contribution in [1.82, 2.24) is 10.2 Å². The van der Waals surface area contributed by atoms with Crippen LogP contribution in [0.25, 0.3) is 0 Å². The number of sulfone groups is 1. The van der Waals surface area contributed by atoms with Crippen LogP contribution in [0.2, 0.25) is 0 Å². The van der Waals surface area contributed by atoms with Crippen molar-refractivity contribution in [1.29, 1.82) is 0 Å². The molecule has 1 fully saturated rings. The van der Waals surface area contributed by atoms with E-state index in [9.17, 15) is 18.0 Å². The van der Waals surface area contributed by atoms with E-state index in [0.717, 1.165) is 0 Å². The topological polar surface area (TPSA) is 104 Å². The fraction of sp³-hybridized carbons (Fsp3) is 0.818. The summed E-state index contributed by atoms with van der Waals surface area (Å²) in [4.78, 5) is 23.7. The summed E-state index contributed by atoms with van der Waals surface area (Å²) < 4.78 is 22.7. The number of nitrogens with one attached hydrogen (secondary N) is 1. The van der Waals surface area contributed by atoms with Gasteiger partial charge in [-0.05, 0) is 12.3 Å². The van der Waals surface area contributed by atoms with Gasteiger partial charge in [-0.25, -0.2) is 13.2 Å². The molecule has 110 valence electrons. The van der Waals surface area contributed by atoms with Crippen molar-refractivity contribution in [2.75, 3.05) is 25.1 Å². The van der Waals surface area contributed by atoms with Crippen LogP contribution < -0.4 is 5.32 Å². The smallest absolute Gasteiger partial charge is 0.317 e. The van der Waals surface area contributed by atoms with Crippen molar-refractivity contribution in [3.63, 3.8) is 0 Å². The molecule has 19 heavy (non-hydrogen) atoms. The first-order chi connectivity index (χ1) is 8.71. The number of nitrogens with zero attached hydrogens (tertiary/aromatic N) is 1. The van der Waals surface area contributed by atoms with E-state index in [0.29, 0.717) is 6.42 Å². The van der Waals surface area contributed by atoms with Crippen LogP contribution in [0.3, 0.4) is 0 Å². The first-order valence-electron chi connectivity index (χ1n) is 6.14. The minimum Gasteiger partial charge on any atom is -0.481 e. The molecular formula is C11H20N2O5S. The van der Waals surface area contributed by atoms with Crippen molar-refractivity contribution >= 4 is 21.8 Å². The maximum Gasteiger partial charge on any atom is 0.317 e. The van der Waals surface area contributed by atoms with Crippen LogP contribution in [0, 0.1) is 5.92 Å². The number of rotatable bonds is 5. The number of amides is 2. The third-order valence-electron chi connectivity index (χ3n) is 3.20. The minimum absolute atomic E-state index is 0.00159. The number of carboxylic acid groups (broad SMARTS) is 1. The lowest BCUT2D eigenvalue weighted by Gasteiger charge is -2.24. The Morgan fingerprint density at radius 2 is 2.11 bits per heavy atom. The third-order valence-corrected chi connectivity index (χ3v) is 4.95. The minimum atomic E-state index is -3.02. The maximum atomic E-state index is 11.8. The molecule has 7 nitrogen and oxygen atoms in total. The van der Waals surface area contributed by atoms with Gasteiger partial charge >= 0.3 is 12.0 Å². The maximum absolute atomic E-state index is 11.8. The van der Waals surface area contributed by atoms with E-state index >= 15 is 0 Å². The lowest BCUT2D eigenvalue weighted by molar-refractivity contribution is -0.137. The van der Waals surface area contributed by atoms with Gasteiger partial charge in [0.2, 0.25) is 0 Å². The molecule has 1 heterocycles. The van der Waals surface area contributed by atoms with Crippen LogP contribution in [0.5, 0.6) is 0 Å². The molecule has 0 radical (unpaired) electrons. The average Bonchev–Trinajstić information content (AvgIpc) is 2.64. The molecule has 2 unspecified atom stereocenters. The monoisotopic (exact) mass is 292 g/mol. The number of carboxylic acids is 1. The van der Waals surface area contributed by atoms with Crippen LogP contribution in [0.15, 0.2) is 0 Å². The second-order valence-electron chi connectivity index (χ2n) is 5.06. The van der Waals surface area contributed by atoms with Crippen molar-refractivity contribution in [3.8, 4) is 0 Å². The van der Waals surface area contributed by atoms with Gasteiger partial charge < -0.3 is 15.3 Å². The fourth-order valence-corrected chi connectivity index (χ4v) is 3.78. The Balaban J connectivity index is 2.39. The van der Waals surface area contributed by atoms with Gasteiger partial charge in [0.1, 0.15) is 0 Å². The molecule has 0 aliphatic carbocycles. The Labute approximate surface area is 112 Å². The molecule has 8 heteroatoms. The summed E-state index contributed by atoms with van der Waals surface area (Å²) >= 11 is 0. The summed E-state index contributed by atoms with van der Waals surface area (Å²) in [6.45, 7) is 1.99. The number of aliphatic carboxylic acids is 1. The van der Waals surface area contributed by atoms with Gasteiger partial charge in [0, 0.05) is 26.1 Å². The molecule has 0 bridgehead atoms. The number of carbonyl (C=O) groups is 2. The molecule has 2 N–H and O–H groups in total. The van der Waals surface area contributed by atoms with Gasteiger partial charge in [0.15, 0.2) is 9.84 Å². The molecule has 1 aliphatic rings. The van der Waals surface area contributed by atoms with E-state index in [1.54, 1.807) is 14.0 Å². The molecule has 1 rings (SSSR count). The van der Waals surface area contributed by atoms with Gasteiger partial charge in [-0.2, -0.15) is 0 Å². The molecule has 0 aromatic carbocycles. The summed E-state index contributed by atoms with van der Waals surface area (Å²) in [5.41, 5.74) is 0. The van der Waals surface area contributed by atoms with Gasteiger partial charge in [-0.15, -0.1) is 0 Å². The molecule has 2 amide bonds. The molecule has 0 spiro atoms. The lowest BCUT2D eigenvalue weighted by Crippen LogP contribution is -2.45. The zero-order valence-corrected chi connectivity index (χ0v) is 11.9. The second-order valence-corrected chi connectivity index (χ2v) is 7.29. The molecule has 0 saturated carbocycles. The van der Waals surface area contributed by atoms with Gasteiger partial charge in [0.25, 0.3) is 0 Å².